The highest BCUT2D eigenvalue weighted by molar-refractivity contribution is 6.00. The van der Waals surface area contributed by atoms with E-state index >= 15 is 0 Å². The molecule has 0 radical (unpaired) electrons. The summed E-state index contributed by atoms with van der Waals surface area (Å²) >= 11 is 0. The van der Waals surface area contributed by atoms with E-state index in [0.717, 1.165) is 12.5 Å². The summed E-state index contributed by atoms with van der Waals surface area (Å²) in [5, 5.41) is 6.00. The Hall–Kier alpha value is -3.43. The molecule has 4 rings (SSSR count). The number of carbonyl (C=O) groups is 1. The molecule has 0 spiro atoms. The van der Waals surface area contributed by atoms with Crippen LogP contribution >= 0.6 is 0 Å². The van der Waals surface area contributed by atoms with E-state index in [0.29, 0.717) is 22.5 Å². The minimum Gasteiger partial charge on any atom is -0.443 e. The molecule has 10 heteroatoms. The zero-order valence-corrected chi connectivity index (χ0v) is 14.8. The minimum atomic E-state index is -4.54. The molecule has 1 N–H and O–H groups in total. The molecule has 4 aromatic rings. The monoisotopic (exact) mass is 389 g/mol. The fraction of sp³-hybridized carbons (Fsp3) is 0.222. The lowest BCUT2D eigenvalue weighted by Gasteiger charge is -2.16. The van der Waals surface area contributed by atoms with Crippen molar-refractivity contribution < 1.29 is 22.4 Å². The van der Waals surface area contributed by atoms with Gasteiger partial charge >= 0.3 is 6.18 Å². The molecule has 1 atom stereocenters. The predicted octanol–water partition coefficient (Wildman–Crippen LogP) is 3.53. The smallest absolute Gasteiger partial charge is 0.408 e. The summed E-state index contributed by atoms with van der Waals surface area (Å²) in [6, 6.07) is 5.08. The van der Waals surface area contributed by atoms with Gasteiger partial charge in [-0.25, -0.2) is 14.5 Å². The highest BCUT2D eigenvalue weighted by Gasteiger charge is 2.37. The summed E-state index contributed by atoms with van der Waals surface area (Å²) in [6.45, 7) is 2.64. The van der Waals surface area contributed by atoms with E-state index in [2.05, 4.69) is 15.1 Å². The Morgan fingerprint density at radius 3 is 2.82 bits per heavy atom. The van der Waals surface area contributed by atoms with Gasteiger partial charge in [0.05, 0.1) is 11.9 Å². The van der Waals surface area contributed by atoms with Crippen LogP contribution in [0.5, 0.6) is 0 Å². The number of hydrogen-bond acceptors (Lipinski definition) is 5. The summed E-state index contributed by atoms with van der Waals surface area (Å²) in [6.07, 6.45) is -2.00. The van der Waals surface area contributed by atoms with E-state index in [9.17, 15) is 18.0 Å². The number of hydrogen-bond donors (Lipinski definition) is 1. The van der Waals surface area contributed by atoms with Crippen molar-refractivity contribution in [2.24, 2.45) is 0 Å². The number of benzene rings is 1. The second-order valence-corrected chi connectivity index (χ2v) is 6.35. The van der Waals surface area contributed by atoms with Crippen LogP contribution in [0.1, 0.15) is 23.0 Å². The summed E-state index contributed by atoms with van der Waals surface area (Å²) in [5.74, 6) is -0.893. The molecule has 144 valence electrons. The van der Waals surface area contributed by atoms with Crippen molar-refractivity contribution in [2.75, 3.05) is 0 Å². The van der Waals surface area contributed by atoms with Gasteiger partial charge in [-0.1, -0.05) is 0 Å². The molecule has 28 heavy (non-hydrogen) atoms. The molecule has 3 heterocycles. The topological polar surface area (TPSA) is 85.3 Å². The van der Waals surface area contributed by atoms with Gasteiger partial charge in [-0.05, 0) is 38.1 Å². The number of aromatic nitrogens is 4. The standard InChI is InChI=1S/C18H14F3N5O2/c1-9-5-13(11-3-4-15-14(6-11)22-8-28-15)25-16-12(7-23-26(9)16)17(27)24-10(2)18(19,20)21/h3-8,10H,1-2H3,(H,24,27)/t10-/m1/s1. The maximum Gasteiger partial charge on any atom is 0.408 e. The highest BCUT2D eigenvalue weighted by Crippen LogP contribution is 2.25. The Labute approximate surface area is 156 Å². The van der Waals surface area contributed by atoms with Crippen LogP contribution < -0.4 is 5.32 Å². The lowest BCUT2D eigenvalue weighted by Crippen LogP contribution is -2.43. The van der Waals surface area contributed by atoms with Crippen molar-refractivity contribution in [2.45, 2.75) is 26.1 Å². The molecule has 0 saturated carbocycles. The number of nitrogens with zero attached hydrogens (tertiary/aromatic N) is 4. The van der Waals surface area contributed by atoms with Crippen molar-refractivity contribution in [3.8, 4) is 11.3 Å². The van der Waals surface area contributed by atoms with Crippen molar-refractivity contribution in [3.05, 3.63) is 48.1 Å². The largest absolute Gasteiger partial charge is 0.443 e. The van der Waals surface area contributed by atoms with Crippen LogP contribution in [-0.4, -0.2) is 37.7 Å². The lowest BCUT2D eigenvalue weighted by molar-refractivity contribution is -0.149. The average molecular weight is 389 g/mol. The molecule has 1 amide bonds. The Morgan fingerprint density at radius 2 is 2.07 bits per heavy atom. The fourth-order valence-electron chi connectivity index (χ4n) is 2.79. The van der Waals surface area contributed by atoms with Crippen LogP contribution in [0.25, 0.3) is 28.0 Å². The van der Waals surface area contributed by atoms with E-state index in [1.54, 1.807) is 31.2 Å². The van der Waals surface area contributed by atoms with Gasteiger partial charge in [-0.3, -0.25) is 4.79 Å². The number of halogens is 3. The van der Waals surface area contributed by atoms with Crippen LogP contribution in [0.15, 0.2) is 41.3 Å². The lowest BCUT2D eigenvalue weighted by atomic mass is 10.1. The number of alkyl halides is 3. The summed E-state index contributed by atoms with van der Waals surface area (Å²) < 4.78 is 44.9. The Morgan fingerprint density at radius 1 is 1.29 bits per heavy atom. The van der Waals surface area contributed by atoms with Gasteiger partial charge in [0.2, 0.25) is 0 Å². The summed E-state index contributed by atoms with van der Waals surface area (Å²) in [4.78, 5) is 20.9. The van der Waals surface area contributed by atoms with Crippen LogP contribution in [0.3, 0.4) is 0 Å². The first-order valence-corrected chi connectivity index (χ1v) is 8.30. The molecule has 0 unspecified atom stereocenters. The average Bonchev–Trinajstić information content (AvgIpc) is 3.26. The van der Waals surface area contributed by atoms with E-state index in [-0.39, 0.29) is 11.2 Å². The fourth-order valence-corrected chi connectivity index (χ4v) is 2.79. The molecule has 0 aliphatic rings. The van der Waals surface area contributed by atoms with Gasteiger partial charge in [-0.15, -0.1) is 0 Å². The third kappa shape index (κ3) is 3.06. The predicted molar refractivity (Wildman–Crippen MR) is 93.7 cm³/mol. The van der Waals surface area contributed by atoms with Gasteiger partial charge in [0.25, 0.3) is 5.91 Å². The molecule has 0 bridgehead atoms. The number of fused-ring (bicyclic) bond motifs is 2. The molecule has 0 aliphatic carbocycles. The number of aryl methyl sites for hydroxylation is 1. The number of rotatable bonds is 3. The van der Waals surface area contributed by atoms with E-state index in [1.165, 1.54) is 17.1 Å². The van der Waals surface area contributed by atoms with Gasteiger partial charge in [0.15, 0.2) is 17.6 Å². The first-order chi connectivity index (χ1) is 13.2. The molecule has 3 aromatic heterocycles. The van der Waals surface area contributed by atoms with Crippen molar-refractivity contribution in [1.82, 2.24) is 24.9 Å². The summed E-state index contributed by atoms with van der Waals surface area (Å²) in [7, 11) is 0. The number of amides is 1. The number of nitrogens with one attached hydrogen (secondary N) is 1. The minimum absolute atomic E-state index is 0.0384. The normalized spacial score (nSPS) is 13.2. The molecule has 1 aromatic carbocycles. The maximum atomic E-state index is 12.8. The SMILES string of the molecule is Cc1cc(-c2ccc3ocnc3c2)nc2c(C(=O)N[C@H](C)C(F)(F)F)cnn12. The number of oxazole rings is 1. The Balaban J connectivity index is 1.77. The molecule has 0 fully saturated rings. The van der Waals surface area contributed by atoms with Crippen molar-refractivity contribution >= 4 is 22.7 Å². The first-order valence-electron chi connectivity index (χ1n) is 8.30. The van der Waals surface area contributed by atoms with Crippen LogP contribution in [0.2, 0.25) is 0 Å². The van der Waals surface area contributed by atoms with E-state index in [1.807, 2.05) is 5.32 Å². The maximum absolute atomic E-state index is 12.8. The Bertz CT molecular complexity index is 1200. The molecule has 7 nitrogen and oxygen atoms in total. The second kappa shape index (κ2) is 6.32. The van der Waals surface area contributed by atoms with Gasteiger partial charge < -0.3 is 9.73 Å². The van der Waals surface area contributed by atoms with Gasteiger partial charge in [-0.2, -0.15) is 18.3 Å². The molecule has 0 saturated heterocycles. The van der Waals surface area contributed by atoms with Crippen LogP contribution in [0.4, 0.5) is 13.2 Å². The molecule has 0 aliphatic heterocycles. The zero-order valence-electron chi connectivity index (χ0n) is 14.8. The molecular weight excluding hydrogens is 375 g/mol. The quantitative estimate of drug-likeness (QED) is 0.579. The highest BCUT2D eigenvalue weighted by atomic mass is 19.4. The van der Waals surface area contributed by atoms with Crippen molar-refractivity contribution in [3.63, 3.8) is 0 Å². The first kappa shape index (κ1) is 18.0. The summed E-state index contributed by atoms with van der Waals surface area (Å²) in [5.41, 5.74) is 3.32. The zero-order chi connectivity index (χ0) is 20.1. The van der Waals surface area contributed by atoms with Crippen LogP contribution in [0, 0.1) is 6.92 Å². The van der Waals surface area contributed by atoms with E-state index < -0.39 is 18.1 Å². The number of carbonyl (C=O) groups excluding carboxylic acids is 1. The third-order valence-electron chi connectivity index (χ3n) is 4.36. The van der Waals surface area contributed by atoms with Crippen LogP contribution in [-0.2, 0) is 0 Å². The third-order valence-corrected chi connectivity index (χ3v) is 4.36. The van der Waals surface area contributed by atoms with Gasteiger partial charge in [0.1, 0.15) is 17.1 Å². The molecular formula is C18H14F3N5O2. The van der Waals surface area contributed by atoms with E-state index in [4.69, 9.17) is 4.42 Å². The van der Waals surface area contributed by atoms with Crippen molar-refractivity contribution in [1.29, 1.82) is 0 Å². The Kier molecular flexibility index (Phi) is 4.06. The van der Waals surface area contributed by atoms with Gasteiger partial charge in [0, 0.05) is 11.3 Å². The second-order valence-electron chi connectivity index (χ2n) is 6.35.